The van der Waals surface area contributed by atoms with Gasteiger partial charge in [0, 0.05) is 41.8 Å². The van der Waals surface area contributed by atoms with Crippen LogP contribution in [0.2, 0.25) is 0 Å². The number of benzene rings is 3. The standard InChI is InChI=1S/C33H38FN3O2/c1-4-5-8-25-11-15-27(16-12-25)33(39)37(24(2)3)23-32(38)36(22-26-13-17-29(34)18-14-26)20-19-28-21-35-31-10-7-6-9-30(28)31/h6-7,9-18,21,24,35H,4-5,8,19-20,22-23H2,1-3H3. The molecule has 0 saturated carbocycles. The van der Waals surface area contributed by atoms with Crippen LogP contribution in [0, 0.1) is 5.82 Å². The molecule has 0 saturated heterocycles. The maximum atomic E-state index is 13.7. The molecule has 0 unspecified atom stereocenters. The third kappa shape index (κ3) is 7.34. The third-order valence-corrected chi connectivity index (χ3v) is 7.18. The van der Waals surface area contributed by atoms with Gasteiger partial charge in [-0.2, -0.15) is 0 Å². The van der Waals surface area contributed by atoms with Gasteiger partial charge in [-0.05, 0) is 80.1 Å². The van der Waals surface area contributed by atoms with Gasteiger partial charge in [0.1, 0.15) is 12.4 Å². The van der Waals surface area contributed by atoms with Crippen molar-refractivity contribution in [3.05, 3.63) is 107 Å². The Labute approximate surface area is 230 Å². The van der Waals surface area contributed by atoms with Crippen molar-refractivity contribution in [2.24, 2.45) is 0 Å². The van der Waals surface area contributed by atoms with E-state index in [0.717, 1.165) is 41.3 Å². The molecule has 2 amide bonds. The topological polar surface area (TPSA) is 56.4 Å². The Morgan fingerprint density at radius 2 is 1.59 bits per heavy atom. The van der Waals surface area contributed by atoms with Crippen LogP contribution in [0.1, 0.15) is 60.7 Å². The van der Waals surface area contributed by atoms with E-state index in [-0.39, 0.29) is 30.2 Å². The summed E-state index contributed by atoms with van der Waals surface area (Å²) in [5.74, 6) is -0.604. The largest absolute Gasteiger partial charge is 0.361 e. The normalized spacial score (nSPS) is 11.2. The number of para-hydroxylation sites is 1. The van der Waals surface area contributed by atoms with Crippen molar-refractivity contribution in [1.82, 2.24) is 14.8 Å². The van der Waals surface area contributed by atoms with Crippen molar-refractivity contribution in [2.45, 2.75) is 59.0 Å². The first kappa shape index (κ1) is 28.1. The van der Waals surface area contributed by atoms with E-state index >= 15 is 0 Å². The number of hydrogen-bond acceptors (Lipinski definition) is 2. The van der Waals surface area contributed by atoms with E-state index in [2.05, 4.69) is 18.0 Å². The van der Waals surface area contributed by atoms with E-state index < -0.39 is 0 Å². The molecular formula is C33H38FN3O2. The van der Waals surface area contributed by atoms with Gasteiger partial charge >= 0.3 is 0 Å². The lowest BCUT2D eigenvalue weighted by molar-refractivity contribution is -0.132. The summed E-state index contributed by atoms with van der Waals surface area (Å²) in [6.07, 6.45) is 5.87. The van der Waals surface area contributed by atoms with Crippen LogP contribution in [0.5, 0.6) is 0 Å². The van der Waals surface area contributed by atoms with Crippen LogP contribution in [0.3, 0.4) is 0 Å². The number of H-pyrrole nitrogens is 1. The molecule has 1 aromatic heterocycles. The Bertz CT molecular complexity index is 1380. The number of carbonyl (C=O) groups is 2. The molecule has 0 aliphatic heterocycles. The van der Waals surface area contributed by atoms with Gasteiger partial charge in [0.15, 0.2) is 0 Å². The maximum Gasteiger partial charge on any atom is 0.254 e. The van der Waals surface area contributed by atoms with Gasteiger partial charge < -0.3 is 14.8 Å². The summed E-state index contributed by atoms with van der Waals surface area (Å²) in [5, 5.41) is 1.13. The minimum atomic E-state index is -0.312. The first-order chi connectivity index (χ1) is 18.9. The number of carbonyl (C=O) groups excluding carboxylic acids is 2. The van der Waals surface area contributed by atoms with Crippen molar-refractivity contribution < 1.29 is 14.0 Å². The van der Waals surface area contributed by atoms with Crippen molar-refractivity contribution >= 4 is 22.7 Å². The van der Waals surface area contributed by atoms with E-state index in [1.165, 1.54) is 17.7 Å². The zero-order chi connectivity index (χ0) is 27.8. The fourth-order valence-corrected chi connectivity index (χ4v) is 4.79. The highest BCUT2D eigenvalue weighted by molar-refractivity contribution is 5.96. The summed E-state index contributed by atoms with van der Waals surface area (Å²) in [6.45, 7) is 6.81. The molecule has 0 atom stereocenters. The van der Waals surface area contributed by atoms with E-state index in [1.54, 1.807) is 21.9 Å². The molecule has 3 aromatic carbocycles. The number of halogens is 1. The summed E-state index contributed by atoms with van der Waals surface area (Å²) in [5.41, 5.74) is 4.82. The second-order valence-corrected chi connectivity index (χ2v) is 10.4. The molecular weight excluding hydrogens is 489 g/mol. The summed E-state index contributed by atoms with van der Waals surface area (Å²) in [6, 6.07) is 21.9. The van der Waals surface area contributed by atoms with Crippen molar-refractivity contribution in [3.8, 4) is 0 Å². The summed E-state index contributed by atoms with van der Waals surface area (Å²) in [4.78, 5) is 33.9. The molecule has 0 radical (unpaired) electrons. The van der Waals surface area contributed by atoms with Crippen molar-refractivity contribution in [3.63, 3.8) is 0 Å². The average molecular weight is 528 g/mol. The summed E-state index contributed by atoms with van der Waals surface area (Å²) < 4.78 is 13.5. The van der Waals surface area contributed by atoms with E-state index in [0.29, 0.717) is 25.1 Å². The number of hydrogen-bond donors (Lipinski definition) is 1. The van der Waals surface area contributed by atoms with Crippen LogP contribution in [0.15, 0.2) is 79.0 Å². The molecule has 1 heterocycles. The van der Waals surface area contributed by atoms with Crippen LogP contribution in [0.25, 0.3) is 10.9 Å². The molecule has 0 aliphatic carbocycles. The maximum absolute atomic E-state index is 13.7. The highest BCUT2D eigenvalue weighted by Gasteiger charge is 2.25. The number of unbranched alkanes of at least 4 members (excludes halogenated alkanes) is 1. The number of amides is 2. The van der Waals surface area contributed by atoms with E-state index in [4.69, 9.17) is 0 Å². The number of aromatic nitrogens is 1. The van der Waals surface area contributed by atoms with Gasteiger partial charge in [0.2, 0.25) is 5.91 Å². The quantitative estimate of drug-likeness (QED) is 0.221. The second-order valence-electron chi connectivity index (χ2n) is 10.4. The molecule has 0 bridgehead atoms. The first-order valence-electron chi connectivity index (χ1n) is 13.8. The van der Waals surface area contributed by atoms with Crippen molar-refractivity contribution in [2.75, 3.05) is 13.1 Å². The predicted octanol–water partition coefficient (Wildman–Crippen LogP) is 6.77. The highest BCUT2D eigenvalue weighted by atomic mass is 19.1. The van der Waals surface area contributed by atoms with Crippen LogP contribution in [-0.2, 0) is 24.2 Å². The van der Waals surface area contributed by atoms with Gasteiger partial charge in [-0.15, -0.1) is 0 Å². The monoisotopic (exact) mass is 527 g/mol. The van der Waals surface area contributed by atoms with Gasteiger partial charge in [-0.1, -0.05) is 55.8 Å². The number of rotatable bonds is 12. The molecule has 39 heavy (non-hydrogen) atoms. The SMILES string of the molecule is CCCCc1ccc(C(=O)N(CC(=O)N(CCc2c[nH]c3ccccc23)Cc2ccc(F)cc2)C(C)C)cc1. The summed E-state index contributed by atoms with van der Waals surface area (Å²) >= 11 is 0. The smallest absolute Gasteiger partial charge is 0.254 e. The zero-order valence-electron chi connectivity index (χ0n) is 23.1. The fourth-order valence-electron chi connectivity index (χ4n) is 4.79. The molecule has 4 aromatic rings. The molecule has 0 fully saturated rings. The lowest BCUT2D eigenvalue weighted by Crippen LogP contribution is -2.46. The van der Waals surface area contributed by atoms with Crippen LogP contribution < -0.4 is 0 Å². The Morgan fingerprint density at radius 3 is 2.28 bits per heavy atom. The Kier molecular flexibility index (Phi) is 9.53. The zero-order valence-corrected chi connectivity index (χ0v) is 23.1. The minimum absolute atomic E-state index is 0.0246. The Balaban J connectivity index is 1.51. The van der Waals surface area contributed by atoms with E-state index in [9.17, 15) is 14.0 Å². The van der Waals surface area contributed by atoms with Gasteiger partial charge in [0.25, 0.3) is 5.91 Å². The van der Waals surface area contributed by atoms with Gasteiger partial charge in [-0.25, -0.2) is 4.39 Å². The van der Waals surface area contributed by atoms with Crippen LogP contribution >= 0.6 is 0 Å². The Hall–Kier alpha value is -3.93. The second kappa shape index (κ2) is 13.2. The fraction of sp³-hybridized carbons (Fsp3) is 0.333. The Morgan fingerprint density at radius 1 is 0.897 bits per heavy atom. The lowest BCUT2D eigenvalue weighted by atomic mass is 10.1. The molecule has 1 N–H and O–H groups in total. The van der Waals surface area contributed by atoms with Gasteiger partial charge in [-0.3, -0.25) is 9.59 Å². The average Bonchev–Trinajstić information content (AvgIpc) is 3.36. The van der Waals surface area contributed by atoms with Gasteiger partial charge in [0.05, 0.1) is 0 Å². The highest BCUT2D eigenvalue weighted by Crippen LogP contribution is 2.19. The van der Waals surface area contributed by atoms with Crippen LogP contribution in [0.4, 0.5) is 4.39 Å². The number of nitrogens with zero attached hydrogens (tertiary/aromatic N) is 2. The molecule has 0 aliphatic rings. The molecule has 5 nitrogen and oxygen atoms in total. The first-order valence-corrected chi connectivity index (χ1v) is 13.8. The third-order valence-electron chi connectivity index (χ3n) is 7.18. The van der Waals surface area contributed by atoms with Crippen molar-refractivity contribution in [1.29, 1.82) is 0 Å². The molecule has 204 valence electrons. The predicted molar refractivity (Wildman–Crippen MR) is 155 cm³/mol. The molecule has 6 heteroatoms. The number of nitrogens with one attached hydrogen (secondary N) is 1. The summed E-state index contributed by atoms with van der Waals surface area (Å²) in [7, 11) is 0. The minimum Gasteiger partial charge on any atom is -0.361 e. The molecule has 4 rings (SSSR count). The number of aryl methyl sites for hydroxylation is 1. The lowest BCUT2D eigenvalue weighted by Gasteiger charge is -2.30. The molecule has 0 spiro atoms. The number of fused-ring (bicyclic) bond motifs is 1. The van der Waals surface area contributed by atoms with E-state index in [1.807, 2.05) is 62.5 Å². The van der Waals surface area contributed by atoms with Crippen LogP contribution in [-0.4, -0.2) is 45.7 Å². The number of aromatic amines is 1.